The molecule has 2 N–H and O–H groups in total. The average molecular weight is 256 g/mol. The van der Waals surface area contributed by atoms with Crippen molar-refractivity contribution in [3.05, 3.63) is 58.9 Å². The molecule has 0 radical (unpaired) electrons. The highest BCUT2D eigenvalue weighted by Gasteiger charge is 2.12. The van der Waals surface area contributed by atoms with Crippen LogP contribution >= 0.6 is 0 Å². The molecule has 3 heteroatoms. The van der Waals surface area contributed by atoms with Crippen molar-refractivity contribution >= 4 is 0 Å². The number of pyridine rings is 1. The minimum atomic E-state index is -0.0841. The van der Waals surface area contributed by atoms with E-state index in [2.05, 4.69) is 37.0 Å². The Morgan fingerprint density at radius 2 is 1.89 bits per heavy atom. The molecule has 2 rings (SSSR count). The molecule has 0 aliphatic rings. The molecule has 0 aliphatic heterocycles. The lowest BCUT2D eigenvalue weighted by molar-refractivity contribution is 0.403. The molecule has 0 amide bonds. The zero-order valence-electron chi connectivity index (χ0n) is 11.7. The third-order valence-electron chi connectivity index (χ3n) is 3.17. The Bertz CT molecular complexity index is 546. The van der Waals surface area contributed by atoms with Crippen molar-refractivity contribution in [2.45, 2.75) is 26.3 Å². The summed E-state index contributed by atoms with van der Waals surface area (Å²) in [6, 6.07) is 8.37. The van der Waals surface area contributed by atoms with E-state index < -0.39 is 0 Å². The van der Waals surface area contributed by atoms with Gasteiger partial charge in [-0.25, -0.2) is 0 Å². The lowest BCUT2D eigenvalue weighted by Gasteiger charge is -2.16. The summed E-state index contributed by atoms with van der Waals surface area (Å²) in [7, 11) is 1.64. The van der Waals surface area contributed by atoms with E-state index in [-0.39, 0.29) is 6.04 Å². The minimum Gasteiger partial charge on any atom is -0.495 e. The third kappa shape index (κ3) is 3.32. The third-order valence-corrected chi connectivity index (χ3v) is 3.17. The first kappa shape index (κ1) is 13.6. The maximum Gasteiger partial charge on any atom is 0.141 e. The van der Waals surface area contributed by atoms with Crippen LogP contribution in [0.4, 0.5) is 0 Å². The topological polar surface area (TPSA) is 48.1 Å². The van der Waals surface area contributed by atoms with Gasteiger partial charge in [-0.05, 0) is 31.9 Å². The van der Waals surface area contributed by atoms with Crippen LogP contribution in [0.25, 0.3) is 0 Å². The summed E-state index contributed by atoms with van der Waals surface area (Å²) in [4.78, 5) is 4.05. The number of aromatic nitrogens is 1. The van der Waals surface area contributed by atoms with Crippen LogP contribution in [0.2, 0.25) is 0 Å². The second-order valence-electron chi connectivity index (χ2n) is 4.92. The van der Waals surface area contributed by atoms with Crippen LogP contribution in [0.5, 0.6) is 5.75 Å². The van der Waals surface area contributed by atoms with E-state index in [1.165, 1.54) is 16.7 Å². The van der Waals surface area contributed by atoms with Gasteiger partial charge in [0, 0.05) is 17.8 Å². The first-order valence-electron chi connectivity index (χ1n) is 6.41. The van der Waals surface area contributed by atoms with E-state index in [0.717, 1.165) is 17.7 Å². The lowest BCUT2D eigenvalue weighted by atomic mass is 9.97. The highest BCUT2D eigenvalue weighted by Crippen LogP contribution is 2.25. The van der Waals surface area contributed by atoms with Gasteiger partial charge in [0.1, 0.15) is 5.75 Å². The summed E-state index contributed by atoms with van der Waals surface area (Å²) in [5, 5.41) is 0. The molecule has 1 aromatic carbocycles. The minimum absolute atomic E-state index is 0.0841. The van der Waals surface area contributed by atoms with Crippen LogP contribution < -0.4 is 10.5 Å². The van der Waals surface area contributed by atoms with Crippen molar-refractivity contribution < 1.29 is 4.74 Å². The largest absolute Gasteiger partial charge is 0.495 e. The number of hydrogen-bond acceptors (Lipinski definition) is 3. The van der Waals surface area contributed by atoms with Gasteiger partial charge in [-0.3, -0.25) is 4.98 Å². The highest BCUT2D eigenvalue weighted by atomic mass is 16.5. The number of benzene rings is 1. The van der Waals surface area contributed by atoms with Gasteiger partial charge in [0.15, 0.2) is 0 Å². The predicted molar refractivity (Wildman–Crippen MR) is 77.3 cm³/mol. The molecular weight excluding hydrogens is 236 g/mol. The molecule has 2 aromatic rings. The lowest BCUT2D eigenvalue weighted by Crippen LogP contribution is -2.14. The van der Waals surface area contributed by atoms with Crippen molar-refractivity contribution in [1.82, 2.24) is 4.98 Å². The summed E-state index contributed by atoms with van der Waals surface area (Å²) in [5.74, 6) is 0.749. The fraction of sp³-hybridized carbons (Fsp3) is 0.312. The SMILES string of the molecule is COc1cnccc1C(N)Cc1cc(C)cc(C)c1. The van der Waals surface area contributed by atoms with Crippen LogP contribution in [0.3, 0.4) is 0 Å². The Labute approximate surface area is 114 Å². The maximum absolute atomic E-state index is 6.30. The van der Waals surface area contributed by atoms with Crippen LogP contribution in [-0.2, 0) is 6.42 Å². The smallest absolute Gasteiger partial charge is 0.141 e. The van der Waals surface area contributed by atoms with E-state index >= 15 is 0 Å². The van der Waals surface area contributed by atoms with Gasteiger partial charge in [0.05, 0.1) is 13.3 Å². The van der Waals surface area contributed by atoms with Crippen molar-refractivity contribution in [2.75, 3.05) is 7.11 Å². The number of aryl methyl sites for hydroxylation is 2. The molecular formula is C16H20N2O. The van der Waals surface area contributed by atoms with E-state index in [1.54, 1.807) is 19.5 Å². The second-order valence-corrected chi connectivity index (χ2v) is 4.92. The normalized spacial score (nSPS) is 12.2. The fourth-order valence-corrected chi connectivity index (χ4v) is 2.42. The average Bonchev–Trinajstić information content (AvgIpc) is 2.37. The van der Waals surface area contributed by atoms with E-state index in [1.807, 2.05) is 6.07 Å². The molecule has 1 heterocycles. The predicted octanol–water partition coefficient (Wildman–Crippen LogP) is 2.95. The number of hydrogen-bond donors (Lipinski definition) is 1. The van der Waals surface area contributed by atoms with Gasteiger partial charge in [-0.1, -0.05) is 29.3 Å². The van der Waals surface area contributed by atoms with Gasteiger partial charge in [-0.15, -0.1) is 0 Å². The summed E-state index contributed by atoms with van der Waals surface area (Å²) >= 11 is 0. The number of rotatable bonds is 4. The molecule has 19 heavy (non-hydrogen) atoms. The molecule has 0 saturated heterocycles. The standard InChI is InChI=1S/C16H20N2O/c1-11-6-12(2)8-13(7-11)9-15(17)14-4-5-18-10-16(14)19-3/h4-8,10,15H,9,17H2,1-3H3. The van der Waals surface area contributed by atoms with Crippen molar-refractivity contribution in [1.29, 1.82) is 0 Å². The zero-order chi connectivity index (χ0) is 13.8. The Morgan fingerprint density at radius 1 is 1.21 bits per heavy atom. The molecule has 0 fully saturated rings. The van der Waals surface area contributed by atoms with E-state index in [4.69, 9.17) is 10.5 Å². The van der Waals surface area contributed by atoms with Gasteiger partial charge in [0.2, 0.25) is 0 Å². The molecule has 0 aliphatic carbocycles. The quantitative estimate of drug-likeness (QED) is 0.915. The zero-order valence-corrected chi connectivity index (χ0v) is 11.7. The molecule has 0 saturated carbocycles. The number of ether oxygens (including phenoxy) is 1. The first-order valence-corrected chi connectivity index (χ1v) is 6.41. The summed E-state index contributed by atoms with van der Waals surface area (Å²) in [5.41, 5.74) is 11.1. The van der Waals surface area contributed by atoms with Gasteiger partial charge in [0.25, 0.3) is 0 Å². The van der Waals surface area contributed by atoms with Gasteiger partial charge in [-0.2, -0.15) is 0 Å². The molecule has 1 aromatic heterocycles. The maximum atomic E-state index is 6.30. The Kier molecular flexibility index (Phi) is 4.17. The number of methoxy groups -OCH3 is 1. The monoisotopic (exact) mass is 256 g/mol. The summed E-state index contributed by atoms with van der Waals surface area (Å²) in [6.45, 7) is 4.21. The molecule has 1 unspecified atom stereocenters. The molecule has 100 valence electrons. The van der Waals surface area contributed by atoms with Crippen LogP contribution in [-0.4, -0.2) is 12.1 Å². The van der Waals surface area contributed by atoms with Crippen LogP contribution in [0, 0.1) is 13.8 Å². The van der Waals surface area contributed by atoms with Gasteiger partial charge >= 0.3 is 0 Å². The molecule has 0 bridgehead atoms. The van der Waals surface area contributed by atoms with Crippen LogP contribution in [0.1, 0.15) is 28.3 Å². The van der Waals surface area contributed by atoms with Crippen molar-refractivity contribution in [2.24, 2.45) is 5.73 Å². The van der Waals surface area contributed by atoms with Gasteiger partial charge < -0.3 is 10.5 Å². The molecule has 3 nitrogen and oxygen atoms in total. The van der Waals surface area contributed by atoms with Crippen molar-refractivity contribution in [3.8, 4) is 5.75 Å². The van der Waals surface area contributed by atoms with E-state index in [9.17, 15) is 0 Å². The molecule has 1 atom stereocenters. The van der Waals surface area contributed by atoms with Crippen LogP contribution in [0.15, 0.2) is 36.7 Å². The van der Waals surface area contributed by atoms with E-state index in [0.29, 0.717) is 0 Å². The highest BCUT2D eigenvalue weighted by molar-refractivity contribution is 5.35. The Hall–Kier alpha value is -1.87. The molecule has 0 spiro atoms. The Morgan fingerprint density at radius 3 is 2.53 bits per heavy atom. The Balaban J connectivity index is 2.22. The number of nitrogens with two attached hydrogens (primary N) is 1. The summed E-state index contributed by atoms with van der Waals surface area (Å²) < 4.78 is 5.31. The second kappa shape index (κ2) is 5.85. The summed E-state index contributed by atoms with van der Waals surface area (Å²) in [6.07, 6.45) is 4.25. The van der Waals surface area contributed by atoms with Crippen molar-refractivity contribution in [3.63, 3.8) is 0 Å². The number of nitrogens with zero attached hydrogens (tertiary/aromatic N) is 1. The first-order chi connectivity index (χ1) is 9.10. The fourth-order valence-electron chi connectivity index (χ4n) is 2.42.